The quantitative estimate of drug-likeness (QED) is 0.280. The number of hydrogen-bond donors (Lipinski definition) is 1. The number of pyridine rings is 1. The molecule has 1 N–H and O–H groups in total. The van der Waals surface area contributed by atoms with Gasteiger partial charge in [0.15, 0.2) is 0 Å². The van der Waals surface area contributed by atoms with Gasteiger partial charge in [-0.25, -0.2) is 14.8 Å². The first-order chi connectivity index (χ1) is 18.7. The predicted molar refractivity (Wildman–Crippen MR) is 149 cm³/mol. The summed E-state index contributed by atoms with van der Waals surface area (Å²) >= 11 is 0. The highest BCUT2D eigenvalue weighted by Gasteiger charge is 2.37. The predicted octanol–water partition coefficient (Wildman–Crippen LogP) is 7.22. The van der Waals surface area contributed by atoms with E-state index in [4.69, 9.17) is 14.7 Å². The molecule has 0 saturated heterocycles. The number of aromatic amines is 1. The molecule has 1 amide bonds. The minimum Gasteiger partial charge on any atom is -0.444 e. The number of carbonyl (C=O) groups excluding carboxylic acids is 1. The fraction of sp³-hybridized carbons (Fsp3) is 0.0938. The number of amides is 1. The fourth-order valence-corrected chi connectivity index (χ4v) is 5.19. The monoisotopic (exact) mass is 496 g/mol. The molecule has 6 nitrogen and oxygen atoms in total. The number of fused-ring (bicyclic) bond motifs is 3. The molecule has 0 aliphatic carbocycles. The largest absolute Gasteiger partial charge is 0.444 e. The van der Waals surface area contributed by atoms with Gasteiger partial charge in [0.2, 0.25) is 0 Å². The van der Waals surface area contributed by atoms with E-state index in [2.05, 4.69) is 29.2 Å². The number of anilines is 1. The zero-order chi connectivity index (χ0) is 25.5. The number of nitrogens with zero attached hydrogens (tertiary/aromatic N) is 3. The van der Waals surface area contributed by atoms with Crippen LogP contribution in [0, 0.1) is 0 Å². The molecule has 6 heteroatoms. The number of imidazole rings is 1. The van der Waals surface area contributed by atoms with Gasteiger partial charge in [0.05, 0.1) is 27.9 Å². The Bertz CT molecular complexity index is 1790. The van der Waals surface area contributed by atoms with Crippen LogP contribution in [0.2, 0.25) is 0 Å². The Hall–Kier alpha value is -4.97. The summed E-state index contributed by atoms with van der Waals surface area (Å²) in [7, 11) is 0. The van der Waals surface area contributed by atoms with Crippen LogP contribution >= 0.6 is 0 Å². The van der Waals surface area contributed by atoms with Crippen LogP contribution < -0.4 is 4.90 Å². The number of ether oxygens (including phenoxy) is 1. The van der Waals surface area contributed by atoms with E-state index in [-0.39, 0.29) is 18.7 Å². The first-order valence-corrected chi connectivity index (χ1v) is 12.7. The molecule has 4 aromatic carbocycles. The maximum atomic E-state index is 13.4. The Morgan fingerprint density at radius 3 is 2.58 bits per heavy atom. The lowest BCUT2D eigenvalue weighted by Gasteiger charge is -2.23. The molecule has 7 rings (SSSR count). The van der Waals surface area contributed by atoms with Crippen LogP contribution in [0.3, 0.4) is 0 Å². The first kappa shape index (κ1) is 22.2. The molecular weight excluding hydrogens is 472 g/mol. The van der Waals surface area contributed by atoms with Crippen LogP contribution in [0.15, 0.2) is 109 Å². The standard InChI is InChI=1S/C32H24N4O2/c37-32(38-20-21-8-2-1-3-9-21)36-29-13-7-5-11-24(29)19-30(36)31-34-27-17-15-23(18-28(27)35-31)26-16-14-22-10-4-6-12-25(22)33-26/h1-18,30H,19-20H2,(H,34,35)/t30-/m1/s1. The number of benzene rings is 4. The van der Waals surface area contributed by atoms with Crippen LogP contribution in [0.5, 0.6) is 0 Å². The SMILES string of the molecule is O=C(OCc1ccccc1)N1c2ccccc2C[C@@H]1c1nc2ccc(-c3ccc4ccccc4n3)cc2[nH]1. The van der Waals surface area contributed by atoms with Gasteiger partial charge < -0.3 is 9.72 Å². The molecule has 0 saturated carbocycles. The number of nitrogens with one attached hydrogen (secondary N) is 1. The number of carbonyl (C=O) groups is 1. The topological polar surface area (TPSA) is 71.1 Å². The zero-order valence-corrected chi connectivity index (χ0v) is 20.5. The normalized spacial score (nSPS) is 14.6. The van der Waals surface area contributed by atoms with E-state index < -0.39 is 0 Å². The Balaban J connectivity index is 1.21. The van der Waals surface area contributed by atoms with E-state index >= 15 is 0 Å². The second kappa shape index (κ2) is 9.16. The van der Waals surface area contributed by atoms with Crippen molar-refractivity contribution in [1.29, 1.82) is 0 Å². The third-order valence-corrected chi connectivity index (χ3v) is 7.09. The summed E-state index contributed by atoms with van der Waals surface area (Å²) in [5.74, 6) is 0.733. The molecule has 0 radical (unpaired) electrons. The zero-order valence-electron chi connectivity index (χ0n) is 20.5. The van der Waals surface area contributed by atoms with Crippen molar-refractivity contribution in [2.45, 2.75) is 19.1 Å². The molecule has 2 aromatic heterocycles. The maximum Gasteiger partial charge on any atom is 0.415 e. The lowest BCUT2D eigenvalue weighted by atomic mass is 10.1. The summed E-state index contributed by atoms with van der Waals surface area (Å²) in [6, 6.07) is 35.7. The van der Waals surface area contributed by atoms with Crippen molar-refractivity contribution in [3.05, 3.63) is 126 Å². The minimum absolute atomic E-state index is 0.216. The second-order valence-corrected chi connectivity index (χ2v) is 9.50. The number of H-pyrrole nitrogens is 1. The third-order valence-electron chi connectivity index (χ3n) is 7.09. The lowest BCUT2D eigenvalue weighted by Crippen LogP contribution is -2.33. The molecular formula is C32H24N4O2. The van der Waals surface area contributed by atoms with E-state index in [0.717, 1.165) is 55.8 Å². The Morgan fingerprint density at radius 1 is 0.842 bits per heavy atom. The average molecular weight is 497 g/mol. The molecule has 6 aromatic rings. The van der Waals surface area contributed by atoms with Gasteiger partial charge in [-0.15, -0.1) is 0 Å². The summed E-state index contributed by atoms with van der Waals surface area (Å²) in [5, 5.41) is 1.11. The molecule has 3 heterocycles. The van der Waals surface area contributed by atoms with Crippen molar-refractivity contribution in [1.82, 2.24) is 15.0 Å². The van der Waals surface area contributed by atoms with Crippen LogP contribution in [0.1, 0.15) is 23.0 Å². The maximum absolute atomic E-state index is 13.4. The van der Waals surface area contributed by atoms with Crippen molar-refractivity contribution in [3.8, 4) is 11.3 Å². The fourth-order valence-electron chi connectivity index (χ4n) is 5.19. The van der Waals surface area contributed by atoms with Crippen LogP contribution in [0.25, 0.3) is 33.2 Å². The van der Waals surface area contributed by atoms with Gasteiger partial charge in [-0.2, -0.15) is 0 Å². The van der Waals surface area contributed by atoms with E-state index in [0.29, 0.717) is 6.42 Å². The molecule has 38 heavy (non-hydrogen) atoms. The van der Waals surface area contributed by atoms with Gasteiger partial charge >= 0.3 is 6.09 Å². The third kappa shape index (κ3) is 3.96. The van der Waals surface area contributed by atoms with Gasteiger partial charge in [0, 0.05) is 17.4 Å². The highest BCUT2D eigenvalue weighted by atomic mass is 16.6. The highest BCUT2D eigenvalue weighted by molar-refractivity contribution is 5.92. The Labute approximate surface area is 219 Å². The van der Waals surface area contributed by atoms with Crippen molar-refractivity contribution in [3.63, 3.8) is 0 Å². The van der Waals surface area contributed by atoms with Gasteiger partial charge in [0.1, 0.15) is 18.5 Å². The van der Waals surface area contributed by atoms with Gasteiger partial charge in [-0.05, 0) is 41.5 Å². The van der Waals surface area contributed by atoms with E-state index in [9.17, 15) is 4.79 Å². The minimum atomic E-state index is -0.384. The van der Waals surface area contributed by atoms with Gasteiger partial charge in [0.25, 0.3) is 0 Å². The molecule has 184 valence electrons. The van der Waals surface area contributed by atoms with Crippen molar-refractivity contribution in [2.75, 3.05) is 4.90 Å². The number of hydrogen-bond acceptors (Lipinski definition) is 4. The molecule has 1 atom stereocenters. The van der Waals surface area contributed by atoms with Crippen molar-refractivity contribution >= 4 is 33.7 Å². The molecule has 1 aliphatic heterocycles. The van der Waals surface area contributed by atoms with E-state index in [1.54, 1.807) is 4.90 Å². The van der Waals surface area contributed by atoms with Crippen LogP contribution in [-0.2, 0) is 17.8 Å². The summed E-state index contributed by atoms with van der Waals surface area (Å²) < 4.78 is 5.74. The number of aromatic nitrogens is 3. The molecule has 1 aliphatic rings. The lowest BCUT2D eigenvalue weighted by molar-refractivity contribution is 0.145. The molecule has 0 bridgehead atoms. The van der Waals surface area contributed by atoms with Crippen LogP contribution in [-0.4, -0.2) is 21.0 Å². The summed E-state index contributed by atoms with van der Waals surface area (Å²) in [5.41, 5.74) is 7.52. The Morgan fingerprint density at radius 2 is 1.66 bits per heavy atom. The first-order valence-electron chi connectivity index (χ1n) is 12.7. The summed E-state index contributed by atoms with van der Waals surface area (Å²) in [4.78, 5) is 28.3. The van der Waals surface area contributed by atoms with E-state index in [1.807, 2.05) is 84.9 Å². The summed E-state index contributed by atoms with van der Waals surface area (Å²) in [6.45, 7) is 0.216. The smallest absolute Gasteiger partial charge is 0.415 e. The highest BCUT2D eigenvalue weighted by Crippen LogP contribution is 2.40. The molecule has 0 fully saturated rings. The number of para-hydroxylation sites is 2. The Kier molecular flexibility index (Phi) is 5.36. The average Bonchev–Trinajstić information content (AvgIpc) is 3.57. The van der Waals surface area contributed by atoms with E-state index in [1.165, 1.54) is 0 Å². The van der Waals surface area contributed by atoms with Crippen LogP contribution in [0.4, 0.5) is 10.5 Å². The van der Waals surface area contributed by atoms with Crippen molar-refractivity contribution in [2.24, 2.45) is 0 Å². The van der Waals surface area contributed by atoms with Gasteiger partial charge in [-0.3, -0.25) is 4.90 Å². The number of rotatable bonds is 4. The second-order valence-electron chi connectivity index (χ2n) is 9.50. The molecule has 0 unspecified atom stereocenters. The van der Waals surface area contributed by atoms with Gasteiger partial charge in [-0.1, -0.05) is 78.9 Å². The molecule has 0 spiro atoms. The van der Waals surface area contributed by atoms with Crippen molar-refractivity contribution < 1.29 is 9.53 Å². The summed E-state index contributed by atoms with van der Waals surface area (Å²) in [6.07, 6.45) is 0.278.